The van der Waals surface area contributed by atoms with Crippen LogP contribution in [0.4, 0.5) is 5.69 Å². The molecule has 10 heteroatoms. The van der Waals surface area contributed by atoms with E-state index < -0.39 is 5.25 Å². The molecule has 2 heterocycles. The molecule has 0 aliphatic rings. The lowest BCUT2D eigenvalue weighted by Gasteiger charge is -2.12. The number of carbonyl (C=O) groups is 1. The first-order valence-electron chi connectivity index (χ1n) is 7.12. The Hall–Kier alpha value is -2.16. The van der Waals surface area contributed by atoms with Gasteiger partial charge in [0.2, 0.25) is 16.9 Å². The number of aromatic nitrogens is 3. The van der Waals surface area contributed by atoms with Gasteiger partial charge < -0.3 is 15.6 Å². The summed E-state index contributed by atoms with van der Waals surface area (Å²) in [6.07, 6.45) is 1.52. The molecular weight excluding hydrogens is 385 g/mol. The first kappa shape index (κ1) is 17.7. The van der Waals surface area contributed by atoms with E-state index >= 15 is 0 Å². The number of hydrogen-bond donors (Lipinski definition) is 2. The van der Waals surface area contributed by atoms with Gasteiger partial charge >= 0.3 is 0 Å². The summed E-state index contributed by atoms with van der Waals surface area (Å²) in [6, 6.07) is 8.29. The molecule has 130 valence electrons. The van der Waals surface area contributed by atoms with Crippen LogP contribution in [0.25, 0.3) is 11.6 Å². The van der Waals surface area contributed by atoms with Crippen molar-refractivity contribution < 1.29 is 9.21 Å². The first-order chi connectivity index (χ1) is 12.0. The third kappa shape index (κ3) is 3.92. The molecule has 0 fully saturated rings. The number of furan rings is 1. The number of rotatable bonds is 5. The number of carbonyl (C=O) groups excluding carboxylic acids is 1. The minimum absolute atomic E-state index is 0.267. The highest BCUT2D eigenvalue weighted by molar-refractivity contribution is 8.00. The van der Waals surface area contributed by atoms with Crippen LogP contribution in [-0.2, 0) is 4.79 Å². The van der Waals surface area contributed by atoms with Crippen LogP contribution in [0, 0.1) is 0 Å². The average Bonchev–Trinajstić information content (AvgIpc) is 3.21. The van der Waals surface area contributed by atoms with Gasteiger partial charge in [-0.25, -0.2) is 4.68 Å². The van der Waals surface area contributed by atoms with E-state index in [-0.39, 0.29) is 5.91 Å². The molecule has 0 unspecified atom stereocenters. The summed E-state index contributed by atoms with van der Waals surface area (Å²) < 4.78 is 6.53. The second-order valence-electron chi connectivity index (χ2n) is 5.03. The molecule has 0 aliphatic heterocycles. The molecule has 1 amide bonds. The Bertz CT molecular complexity index is 897. The van der Waals surface area contributed by atoms with Crippen molar-refractivity contribution in [1.29, 1.82) is 0 Å². The molecule has 3 aromatic rings. The van der Waals surface area contributed by atoms with Gasteiger partial charge in [-0.05, 0) is 37.3 Å². The summed E-state index contributed by atoms with van der Waals surface area (Å²) >= 11 is 13.1. The number of hydrogen-bond acceptors (Lipinski definition) is 6. The Labute approximate surface area is 157 Å². The summed E-state index contributed by atoms with van der Waals surface area (Å²) in [4.78, 5) is 12.4. The van der Waals surface area contributed by atoms with Crippen molar-refractivity contribution in [1.82, 2.24) is 14.9 Å². The maximum Gasteiger partial charge on any atom is 0.237 e. The number of thioether (sulfide) groups is 1. The maximum absolute atomic E-state index is 12.4. The van der Waals surface area contributed by atoms with Gasteiger partial charge in [0.25, 0.3) is 0 Å². The van der Waals surface area contributed by atoms with Crippen LogP contribution in [0.15, 0.2) is 46.2 Å². The summed E-state index contributed by atoms with van der Waals surface area (Å²) in [6.45, 7) is 1.72. The third-order valence-corrected chi connectivity index (χ3v) is 4.87. The number of halogens is 2. The summed E-state index contributed by atoms with van der Waals surface area (Å²) in [5.41, 5.74) is 0.442. The standard InChI is InChI=1S/C15H13Cl2N5O2S/c1-8(14(23)19-11-7-9(16)4-5-10(11)17)25-15-21-20-13(22(15)18)12-3-2-6-24-12/h2-8H,18H2,1H3,(H,19,23)/t8-/m0/s1. The molecule has 2 aromatic heterocycles. The van der Waals surface area contributed by atoms with Crippen molar-refractivity contribution in [2.45, 2.75) is 17.3 Å². The van der Waals surface area contributed by atoms with Gasteiger partial charge in [0, 0.05) is 5.02 Å². The predicted octanol–water partition coefficient (Wildman–Crippen LogP) is 3.68. The maximum atomic E-state index is 12.4. The van der Waals surface area contributed by atoms with E-state index in [2.05, 4.69) is 15.5 Å². The van der Waals surface area contributed by atoms with Gasteiger partial charge in [-0.1, -0.05) is 35.0 Å². The second kappa shape index (κ2) is 7.38. The minimum Gasteiger partial charge on any atom is -0.461 e. The van der Waals surface area contributed by atoms with Crippen molar-refractivity contribution >= 4 is 46.6 Å². The number of benzene rings is 1. The third-order valence-electron chi connectivity index (χ3n) is 3.24. The normalized spacial score (nSPS) is 12.1. The van der Waals surface area contributed by atoms with Gasteiger partial charge in [-0.3, -0.25) is 4.79 Å². The summed E-state index contributed by atoms with van der Waals surface area (Å²) in [5.74, 6) is 6.58. The van der Waals surface area contributed by atoms with E-state index in [4.69, 9.17) is 33.5 Å². The van der Waals surface area contributed by atoms with Crippen molar-refractivity contribution in [2.75, 3.05) is 11.2 Å². The zero-order chi connectivity index (χ0) is 18.0. The van der Waals surface area contributed by atoms with Crippen LogP contribution in [0.2, 0.25) is 10.0 Å². The number of nitrogens with one attached hydrogen (secondary N) is 1. The lowest BCUT2D eigenvalue weighted by molar-refractivity contribution is -0.115. The predicted molar refractivity (Wildman–Crippen MR) is 98.3 cm³/mol. The van der Waals surface area contributed by atoms with Gasteiger partial charge in [-0.15, -0.1) is 10.2 Å². The van der Waals surface area contributed by atoms with Crippen LogP contribution in [0.5, 0.6) is 0 Å². The fourth-order valence-corrected chi connectivity index (χ4v) is 3.08. The average molecular weight is 398 g/mol. The number of amides is 1. The molecule has 0 bridgehead atoms. The van der Waals surface area contributed by atoms with E-state index in [9.17, 15) is 4.79 Å². The lowest BCUT2D eigenvalue weighted by Crippen LogP contribution is -2.23. The zero-order valence-electron chi connectivity index (χ0n) is 12.9. The van der Waals surface area contributed by atoms with Crippen molar-refractivity contribution in [2.24, 2.45) is 0 Å². The summed E-state index contributed by atoms with van der Waals surface area (Å²) in [5, 5.41) is 11.5. The molecule has 1 atom stereocenters. The van der Waals surface area contributed by atoms with Crippen molar-refractivity contribution in [3.63, 3.8) is 0 Å². The number of nitrogen functional groups attached to an aromatic ring is 1. The van der Waals surface area contributed by atoms with Crippen LogP contribution < -0.4 is 11.2 Å². The first-order valence-corrected chi connectivity index (χ1v) is 8.76. The molecule has 7 nitrogen and oxygen atoms in total. The highest BCUT2D eigenvalue weighted by Crippen LogP contribution is 2.28. The van der Waals surface area contributed by atoms with Crippen LogP contribution >= 0.6 is 35.0 Å². The lowest BCUT2D eigenvalue weighted by atomic mass is 10.3. The molecule has 0 saturated carbocycles. The summed E-state index contributed by atoms with van der Waals surface area (Å²) in [7, 11) is 0. The minimum atomic E-state index is -0.494. The molecule has 3 N–H and O–H groups in total. The van der Waals surface area contributed by atoms with Crippen LogP contribution in [0.1, 0.15) is 6.92 Å². The smallest absolute Gasteiger partial charge is 0.237 e. The zero-order valence-corrected chi connectivity index (χ0v) is 15.3. The van der Waals surface area contributed by atoms with Gasteiger partial charge in [0.15, 0.2) is 5.76 Å². The van der Waals surface area contributed by atoms with E-state index in [0.717, 1.165) is 11.8 Å². The number of nitrogens with two attached hydrogens (primary N) is 1. The Morgan fingerprint density at radius 3 is 2.88 bits per heavy atom. The monoisotopic (exact) mass is 397 g/mol. The molecule has 0 aliphatic carbocycles. The highest BCUT2D eigenvalue weighted by atomic mass is 35.5. The Balaban J connectivity index is 1.71. The van der Waals surface area contributed by atoms with Gasteiger partial charge in [0.05, 0.1) is 22.2 Å². The quantitative estimate of drug-likeness (QED) is 0.503. The SMILES string of the molecule is C[C@H](Sc1nnc(-c2ccco2)n1N)C(=O)Nc1cc(Cl)ccc1Cl. The fourth-order valence-electron chi connectivity index (χ4n) is 1.97. The molecule has 0 saturated heterocycles. The second-order valence-corrected chi connectivity index (χ2v) is 7.18. The fraction of sp³-hybridized carbons (Fsp3) is 0.133. The number of nitrogens with zero attached hydrogens (tertiary/aromatic N) is 3. The van der Waals surface area contributed by atoms with Gasteiger partial charge in [0.1, 0.15) is 0 Å². The molecular formula is C15H13Cl2N5O2S. The molecule has 25 heavy (non-hydrogen) atoms. The molecule has 0 spiro atoms. The number of anilines is 1. The topological polar surface area (TPSA) is 99.0 Å². The van der Waals surface area contributed by atoms with Crippen molar-refractivity contribution in [3.05, 3.63) is 46.6 Å². The van der Waals surface area contributed by atoms with Crippen LogP contribution in [0.3, 0.4) is 0 Å². The van der Waals surface area contributed by atoms with E-state index in [0.29, 0.717) is 32.5 Å². The molecule has 1 aromatic carbocycles. The molecule has 0 radical (unpaired) electrons. The Morgan fingerprint density at radius 2 is 2.16 bits per heavy atom. The molecule has 3 rings (SSSR count). The Kier molecular flexibility index (Phi) is 5.22. The van der Waals surface area contributed by atoms with Crippen LogP contribution in [-0.4, -0.2) is 26.0 Å². The van der Waals surface area contributed by atoms with Crippen molar-refractivity contribution in [3.8, 4) is 11.6 Å². The highest BCUT2D eigenvalue weighted by Gasteiger charge is 2.21. The van der Waals surface area contributed by atoms with Gasteiger partial charge in [-0.2, -0.15) is 0 Å². The van der Waals surface area contributed by atoms with E-state index in [1.165, 1.54) is 10.9 Å². The Morgan fingerprint density at radius 1 is 1.36 bits per heavy atom. The van der Waals surface area contributed by atoms with E-state index in [1.54, 1.807) is 37.3 Å². The largest absolute Gasteiger partial charge is 0.461 e. The van der Waals surface area contributed by atoms with E-state index in [1.807, 2.05) is 0 Å².